The first-order valence-corrected chi connectivity index (χ1v) is 10.9. The molecule has 0 bridgehead atoms. The average molecular weight is 459 g/mol. The first-order valence-electron chi connectivity index (χ1n) is 10.5. The maximum absolute atomic E-state index is 12.4. The van der Waals surface area contributed by atoms with Crippen LogP contribution in [0.25, 0.3) is 0 Å². The zero-order valence-electron chi connectivity index (χ0n) is 18.0. The van der Waals surface area contributed by atoms with E-state index in [1.54, 1.807) is 29.2 Å². The third-order valence-electron chi connectivity index (χ3n) is 5.10. The van der Waals surface area contributed by atoms with Crippen molar-refractivity contribution < 1.29 is 19.1 Å². The molecule has 3 amide bonds. The lowest BCUT2D eigenvalue weighted by molar-refractivity contribution is -0.132. The highest BCUT2D eigenvalue weighted by atomic mass is 35.5. The summed E-state index contributed by atoms with van der Waals surface area (Å²) < 4.78 is 5.43. The molecule has 9 heteroatoms. The summed E-state index contributed by atoms with van der Waals surface area (Å²) in [6.07, 6.45) is 0. The second-order valence-corrected chi connectivity index (χ2v) is 7.67. The number of amides is 3. The van der Waals surface area contributed by atoms with Crippen LogP contribution in [0, 0.1) is 0 Å². The molecule has 0 aromatic heterocycles. The lowest BCUT2D eigenvalue weighted by atomic mass is 10.2. The molecule has 0 spiro atoms. The molecule has 1 heterocycles. The number of ether oxygens (including phenoxy) is 1. The highest BCUT2D eigenvalue weighted by Crippen LogP contribution is 2.19. The van der Waals surface area contributed by atoms with Gasteiger partial charge < -0.3 is 25.2 Å². The zero-order valence-corrected chi connectivity index (χ0v) is 18.7. The summed E-state index contributed by atoms with van der Waals surface area (Å²) in [7, 11) is 0. The molecule has 1 aliphatic heterocycles. The molecule has 2 aromatic rings. The van der Waals surface area contributed by atoms with Gasteiger partial charge in [-0.1, -0.05) is 23.7 Å². The van der Waals surface area contributed by atoms with Crippen molar-refractivity contribution in [2.45, 2.75) is 6.92 Å². The summed E-state index contributed by atoms with van der Waals surface area (Å²) in [5.74, 6) is -0.530. The van der Waals surface area contributed by atoms with Gasteiger partial charge in [0, 0.05) is 36.9 Å². The molecule has 1 saturated heterocycles. The van der Waals surface area contributed by atoms with Crippen LogP contribution in [-0.2, 0) is 9.59 Å². The van der Waals surface area contributed by atoms with Gasteiger partial charge in [0.15, 0.2) is 0 Å². The van der Waals surface area contributed by atoms with Crippen LogP contribution in [0.4, 0.5) is 5.69 Å². The molecular weight excluding hydrogens is 432 g/mol. The molecule has 0 saturated carbocycles. The number of hydrogen-bond donors (Lipinski definition) is 2. The normalized spacial score (nSPS) is 13.4. The van der Waals surface area contributed by atoms with Gasteiger partial charge in [-0.05, 0) is 43.3 Å². The van der Waals surface area contributed by atoms with Gasteiger partial charge in [-0.25, -0.2) is 0 Å². The molecule has 2 aromatic carbocycles. The van der Waals surface area contributed by atoms with Crippen molar-refractivity contribution in [2.24, 2.45) is 0 Å². The number of halogens is 1. The number of nitrogens with one attached hydrogen (secondary N) is 2. The van der Waals surface area contributed by atoms with Crippen LogP contribution in [0.5, 0.6) is 5.75 Å². The predicted molar refractivity (Wildman–Crippen MR) is 123 cm³/mol. The molecule has 0 aliphatic carbocycles. The van der Waals surface area contributed by atoms with Crippen LogP contribution < -0.4 is 20.3 Å². The number of anilines is 1. The lowest BCUT2D eigenvalue weighted by Gasteiger charge is -2.36. The molecule has 2 N–H and O–H groups in total. The molecule has 0 atom stereocenters. The molecule has 0 unspecified atom stereocenters. The second kappa shape index (κ2) is 11.4. The number of benzene rings is 2. The molecule has 1 aliphatic rings. The fourth-order valence-electron chi connectivity index (χ4n) is 3.41. The summed E-state index contributed by atoms with van der Waals surface area (Å²) >= 11 is 5.93. The summed E-state index contributed by atoms with van der Waals surface area (Å²) in [5.41, 5.74) is 1.42. The smallest absolute Gasteiger partial charge is 0.255 e. The largest absolute Gasteiger partial charge is 0.493 e. The van der Waals surface area contributed by atoms with Crippen molar-refractivity contribution in [2.75, 3.05) is 50.8 Å². The Labute approximate surface area is 192 Å². The van der Waals surface area contributed by atoms with Crippen molar-refractivity contribution in [3.63, 3.8) is 0 Å². The number of carbonyl (C=O) groups excluding carboxylic acids is 3. The van der Waals surface area contributed by atoms with E-state index in [4.69, 9.17) is 16.3 Å². The fraction of sp³-hybridized carbons (Fsp3) is 0.348. The predicted octanol–water partition coefficient (Wildman–Crippen LogP) is 1.93. The number of rotatable bonds is 8. The minimum atomic E-state index is -0.430. The number of nitrogens with zero attached hydrogens (tertiary/aromatic N) is 2. The van der Waals surface area contributed by atoms with E-state index in [1.807, 2.05) is 31.2 Å². The standard InChI is InChI=1S/C23H27ClN4O4/c1-2-32-20-6-4-3-5-19(20)23(31)26-15-21(29)25-16-22(30)28-13-11-27(12-14-28)18-9-7-17(24)8-10-18/h3-10H,2,11-16H2,1H3,(H,25,29)(H,26,31). The van der Waals surface area contributed by atoms with Gasteiger partial charge in [0.1, 0.15) is 5.75 Å². The van der Waals surface area contributed by atoms with Crippen LogP contribution in [0.15, 0.2) is 48.5 Å². The van der Waals surface area contributed by atoms with Gasteiger partial charge in [-0.15, -0.1) is 0 Å². The van der Waals surface area contributed by atoms with Crippen LogP contribution in [0.2, 0.25) is 5.02 Å². The van der Waals surface area contributed by atoms with Crippen LogP contribution in [-0.4, -0.2) is 68.5 Å². The van der Waals surface area contributed by atoms with Crippen molar-refractivity contribution in [3.8, 4) is 5.75 Å². The van der Waals surface area contributed by atoms with Crippen molar-refractivity contribution in [1.29, 1.82) is 0 Å². The van der Waals surface area contributed by atoms with Gasteiger partial charge in [-0.3, -0.25) is 14.4 Å². The first-order chi connectivity index (χ1) is 15.5. The van der Waals surface area contributed by atoms with Crippen LogP contribution in [0.1, 0.15) is 17.3 Å². The Morgan fingerprint density at radius 2 is 1.62 bits per heavy atom. The van der Waals surface area contributed by atoms with Crippen molar-refractivity contribution >= 4 is 35.0 Å². The van der Waals surface area contributed by atoms with Gasteiger partial charge >= 0.3 is 0 Å². The molecule has 3 rings (SSSR count). The second-order valence-electron chi connectivity index (χ2n) is 7.23. The number of carbonyl (C=O) groups is 3. The van der Waals surface area contributed by atoms with Crippen LogP contribution in [0.3, 0.4) is 0 Å². The maximum atomic E-state index is 12.4. The third kappa shape index (κ3) is 6.37. The maximum Gasteiger partial charge on any atom is 0.255 e. The Bertz CT molecular complexity index is 943. The van der Waals surface area contributed by atoms with Gasteiger partial charge in [0.25, 0.3) is 5.91 Å². The molecular formula is C23H27ClN4O4. The Kier molecular flexibility index (Phi) is 8.33. The highest BCUT2D eigenvalue weighted by Gasteiger charge is 2.21. The van der Waals surface area contributed by atoms with E-state index in [2.05, 4.69) is 15.5 Å². The molecule has 8 nitrogen and oxygen atoms in total. The van der Waals surface area contributed by atoms with Crippen molar-refractivity contribution in [3.05, 3.63) is 59.1 Å². The monoisotopic (exact) mass is 458 g/mol. The van der Waals surface area contributed by atoms with E-state index in [0.29, 0.717) is 49.1 Å². The van der Waals surface area contributed by atoms with Gasteiger partial charge in [0.2, 0.25) is 11.8 Å². The minimum absolute atomic E-state index is 0.106. The summed E-state index contributed by atoms with van der Waals surface area (Å²) in [6, 6.07) is 14.4. The quantitative estimate of drug-likeness (QED) is 0.630. The van der Waals surface area contributed by atoms with E-state index in [0.717, 1.165) is 5.69 Å². The van der Waals surface area contributed by atoms with E-state index in [1.165, 1.54) is 0 Å². The Hall–Kier alpha value is -3.26. The Morgan fingerprint density at radius 3 is 2.31 bits per heavy atom. The number of para-hydroxylation sites is 1. The molecule has 0 radical (unpaired) electrons. The minimum Gasteiger partial charge on any atom is -0.493 e. The highest BCUT2D eigenvalue weighted by molar-refractivity contribution is 6.30. The zero-order chi connectivity index (χ0) is 22.9. The number of hydrogen-bond acceptors (Lipinski definition) is 5. The van der Waals surface area contributed by atoms with Crippen LogP contribution >= 0.6 is 11.6 Å². The molecule has 32 heavy (non-hydrogen) atoms. The van der Waals surface area contributed by atoms with Gasteiger partial charge in [0.05, 0.1) is 25.3 Å². The van der Waals surface area contributed by atoms with E-state index >= 15 is 0 Å². The Balaban J connectivity index is 1.39. The Morgan fingerprint density at radius 1 is 0.938 bits per heavy atom. The fourth-order valence-corrected chi connectivity index (χ4v) is 3.53. The topological polar surface area (TPSA) is 91.0 Å². The lowest BCUT2D eigenvalue weighted by Crippen LogP contribution is -2.51. The van der Waals surface area contributed by atoms with E-state index in [9.17, 15) is 14.4 Å². The van der Waals surface area contributed by atoms with E-state index in [-0.39, 0.29) is 19.0 Å². The first kappa shape index (κ1) is 23.4. The number of piperazine rings is 1. The molecule has 170 valence electrons. The van der Waals surface area contributed by atoms with E-state index < -0.39 is 11.8 Å². The summed E-state index contributed by atoms with van der Waals surface area (Å²) in [5, 5.41) is 5.82. The molecule has 1 fully saturated rings. The van der Waals surface area contributed by atoms with Gasteiger partial charge in [-0.2, -0.15) is 0 Å². The third-order valence-corrected chi connectivity index (χ3v) is 5.35. The summed E-state index contributed by atoms with van der Waals surface area (Å²) in [4.78, 5) is 40.8. The average Bonchev–Trinajstić information content (AvgIpc) is 2.82. The summed E-state index contributed by atoms with van der Waals surface area (Å²) in [6.45, 7) is 4.48. The SMILES string of the molecule is CCOc1ccccc1C(=O)NCC(=O)NCC(=O)N1CCN(c2ccc(Cl)cc2)CC1. The van der Waals surface area contributed by atoms with Crippen molar-refractivity contribution in [1.82, 2.24) is 15.5 Å².